The molecule has 0 bridgehead atoms. The fourth-order valence-corrected chi connectivity index (χ4v) is 2.45. The van der Waals surface area contributed by atoms with E-state index in [-0.39, 0.29) is 6.04 Å². The van der Waals surface area contributed by atoms with Crippen LogP contribution in [0, 0.1) is 6.92 Å². The lowest BCUT2D eigenvalue weighted by Gasteiger charge is -2.17. The maximum Gasteiger partial charge on any atom is 0.123 e. The van der Waals surface area contributed by atoms with Gasteiger partial charge in [-0.2, -0.15) is 0 Å². The third-order valence-corrected chi connectivity index (χ3v) is 3.67. The van der Waals surface area contributed by atoms with Crippen molar-refractivity contribution in [1.82, 2.24) is 10.3 Å². The zero-order chi connectivity index (χ0) is 13.0. The second-order valence-electron chi connectivity index (χ2n) is 4.27. The molecule has 0 radical (unpaired) electrons. The van der Waals surface area contributed by atoms with Crippen LogP contribution >= 0.6 is 11.3 Å². The maximum absolute atomic E-state index is 5.41. The first-order valence-electron chi connectivity index (χ1n) is 5.97. The van der Waals surface area contributed by atoms with Gasteiger partial charge in [0.15, 0.2) is 0 Å². The molecule has 0 fully saturated rings. The van der Waals surface area contributed by atoms with Crippen molar-refractivity contribution in [2.75, 3.05) is 7.11 Å². The Morgan fingerprint density at radius 2 is 2.28 bits per heavy atom. The maximum atomic E-state index is 5.41. The van der Waals surface area contributed by atoms with Gasteiger partial charge in [-0.25, -0.2) is 4.98 Å². The molecule has 0 saturated carbocycles. The van der Waals surface area contributed by atoms with Gasteiger partial charge in [0.25, 0.3) is 0 Å². The number of methoxy groups -OCH3 is 1. The summed E-state index contributed by atoms with van der Waals surface area (Å²) >= 11 is 1.67. The molecule has 18 heavy (non-hydrogen) atoms. The number of nitrogens with zero attached hydrogens (tertiary/aromatic N) is 1. The fourth-order valence-electron chi connectivity index (χ4n) is 1.88. The van der Waals surface area contributed by atoms with E-state index in [9.17, 15) is 0 Å². The normalized spacial score (nSPS) is 12.4. The summed E-state index contributed by atoms with van der Waals surface area (Å²) in [5, 5.41) is 6.57. The van der Waals surface area contributed by atoms with Crippen LogP contribution in [-0.2, 0) is 6.54 Å². The topological polar surface area (TPSA) is 34.1 Å². The van der Waals surface area contributed by atoms with Crippen LogP contribution in [0.5, 0.6) is 5.75 Å². The summed E-state index contributed by atoms with van der Waals surface area (Å²) in [6.45, 7) is 5.03. The largest absolute Gasteiger partial charge is 0.496 e. The van der Waals surface area contributed by atoms with E-state index in [4.69, 9.17) is 4.74 Å². The Morgan fingerprint density at radius 1 is 1.44 bits per heavy atom. The Hall–Kier alpha value is -1.39. The molecule has 0 saturated heterocycles. The van der Waals surface area contributed by atoms with Crippen LogP contribution in [0.2, 0.25) is 0 Å². The first kappa shape index (κ1) is 13.1. The minimum absolute atomic E-state index is 0.240. The molecule has 0 aliphatic rings. The molecule has 1 unspecified atom stereocenters. The van der Waals surface area contributed by atoms with Crippen molar-refractivity contribution in [3.8, 4) is 5.75 Å². The predicted octanol–water partition coefficient (Wildman–Crippen LogP) is 3.31. The molecule has 0 aliphatic carbocycles. The van der Waals surface area contributed by atoms with Crippen molar-refractivity contribution in [2.45, 2.75) is 26.4 Å². The van der Waals surface area contributed by atoms with Crippen LogP contribution in [0.25, 0.3) is 0 Å². The molecule has 4 heteroatoms. The highest BCUT2D eigenvalue weighted by molar-refractivity contribution is 7.09. The minimum Gasteiger partial charge on any atom is -0.496 e. The number of nitrogens with one attached hydrogen (secondary N) is 1. The summed E-state index contributed by atoms with van der Waals surface area (Å²) in [5.74, 6) is 0.930. The van der Waals surface area contributed by atoms with E-state index in [0.717, 1.165) is 17.3 Å². The number of hydrogen-bond acceptors (Lipinski definition) is 4. The third kappa shape index (κ3) is 3.09. The fraction of sp³-hybridized carbons (Fsp3) is 0.357. The van der Waals surface area contributed by atoms with Gasteiger partial charge in [0, 0.05) is 29.7 Å². The quantitative estimate of drug-likeness (QED) is 0.897. The monoisotopic (exact) mass is 262 g/mol. The molecule has 0 aliphatic heterocycles. The van der Waals surface area contributed by atoms with E-state index < -0.39 is 0 Å². The van der Waals surface area contributed by atoms with Crippen molar-refractivity contribution in [3.63, 3.8) is 0 Å². The SMILES string of the molecule is COc1ccc(C)cc1C(C)NCc1nccs1. The Bertz CT molecular complexity index is 497. The molecule has 1 atom stereocenters. The van der Waals surface area contributed by atoms with E-state index in [1.54, 1.807) is 18.4 Å². The van der Waals surface area contributed by atoms with Crippen LogP contribution in [0.3, 0.4) is 0 Å². The molecule has 0 amide bonds. The molecule has 0 spiro atoms. The van der Waals surface area contributed by atoms with E-state index in [0.29, 0.717) is 0 Å². The van der Waals surface area contributed by atoms with Crippen molar-refractivity contribution in [3.05, 3.63) is 45.9 Å². The highest BCUT2D eigenvalue weighted by Crippen LogP contribution is 2.26. The molecule has 96 valence electrons. The summed E-state index contributed by atoms with van der Waals surface area (Å²) in [4.78, 5) is 4.27. The van der Waals surface area contributed by atoms with Gasteiger partial charge in [0.1, 0.15) is 10.8 Å². The van der Waals surface area contributed by atoms with Crippen molar-refractivity contribution >= 4 is 11.3 Å². The Morgan fingerprint density at radius 3 is 2.94 bits per heavy atom. The molecule has 2 aromatic rings. The summed E-state index contributed by atoms with van der Waals surface area (Å²) in [6, 6.07) is 6.49. The second kappa shape index (κ2) is 5.98. The predicted molar refractivity (Wildman–Crippen MR) is 75.1 cm³/mol. The van der Waals surface area contributed by atoms with Gasteiger partial charge >= 0.3 is 0 Å². The van der Waals surface area contributed by atoms with Crippen molar-refractivity contribution in [1.29, 1.82) is 0 Å². The molecule has 1 N–H and O–H groups in total. The number of ether oxygens (including phenoxy) is 1. The van der Waals surface area contributed by atoms with Gasteiger partial charge in [-0.1, -0.05) is 17.7 Å². The summed E-state index contributed by atoms with van der Waals surface area (Å²) in [5.41, 5.74) is 2.43. The van der Waals surface area contributed by atoms with E-state index >= 15 is 0 Å². The van der Waals surface area contributed by atoms with Crippen molar-refractivity contribution < 1.29 is 4.74 Å². The molecular weight excluding hydrogens is 244 g/mol. The molecule has 1 aromatic heterocycles. The smallest absolute Gasteiger partial charge is 0.123 e. The zero-order valence-corrected chi connectivity index (χ0v) is 11.8. The van der Waals surface area contributed by atoms with Gasteiger partial charge < -0.3 is 10.1 Å². The van der Waals surface area contributed by atoms with Gasteiger partial charge in [-0.05, 0) is 19.9 Å². The first-order valence-corrected chi connectivity index (χ1v) is 6.85. The lowest BCUT2D eigenvalue weighted by molar-refractivity contribution is 0.401. The number of aromatic nitrogens is 1. The number of thiazole rings is 1. The van der Waals surface area contributed by atoms with E-state index in [1.165, 1.54) is 11.1 Å². The van der Waals surface area contributed by atoms with Crippen LogP contribution in [0.1, 0.15) is 29.1 Å². The molecular formula is C14H18N2OS. The van der Waals surface area contributed by atoms with Gasteiger partial charge in [-0.15, -0.1) is 11.3 Å². The Labute approximate surface area is 112 Å². The highest BCUT2D eigenvalue weighted by atomic mass is 32.1. The molecule has 3 nitrogen and oxygen atoms in total. The van der Waals surface area contributed by atoms with Crippen LogP contribution in [0.15, 0.2) is 29.8 Å². The third-order valence-electron chi connectivity index (χ3n) is 2.89. The van der Waals surface area contributed by atoms with Gasteiger partial charge in [0.05, 0.1) is 7.11 Å². The first-order chi connectivity index (χ1) is 8.70. The highest BCUT2D eigenvalue weighted by Gasteiger charge is 2.11. The summed E-state index contributed by atoms with van der Waals surface area (Å²) < 4.78 is 5.41. The zero-order valence-electron chi connectivity index (χ0n) is 10.9. The van der Waals surface area contributed by atoms with Crippen LogP contribution < -0.4 is 10.1 Å². The summed E-state index contributed by atoms with van der Waals surface area (Å²) in [7, 11) is 1.71. The number of aryl methyl sites for hydroxylation is 1. The average molecular weight is 262 g/mol. The summed E-state index contributed by atoms with van der Waals surface area (Å²) in [6.07, 6.45) is 1.83. The number of rotatable bonds is 5. The lowest BCUT2D eigenvalue weighted by Crippen LogP contribution is -2.18. The van der Waals surface area contributed by atoms with Crippen LogP contribution in [-0.4, -0.2) is 12.1 Å². The van der Waals surface area contributed by atoms with E-state index in [2.05, 4.69) is 36.3 Å². The molecule has 1 heterocycles. The van der Waals surface area contributed by atoms with Crippen LogP contribution in [0.4, 0.5) is 0 Å². The second-order valence-corrected chi connectivity index (χ2v) is 5.25. The molecule has 2 rings (SSSR count). The lowest BCUT2D eigenvalue weighted by atomic mass is 10.0. The number of benzene rings is 1. The van der Waals surface area contributed by atoms with Gasteiger partial charge in [-0.3, -0.25) is 0 Å². The average Bonchev–Trinajstić information content (AvgIpc) is 2.89. The Balaban J connectivity index is 2.08. The van der Waals surface area contributed by atoms with Gasteiger partial charge in [0.2, 0.25) is 0 Å². The van der Waals surface area contributed by atoms with Crippen molar-refractivity contribution in [2.24, 2.45) is 0 Å². The standard InChI is InChI=1S/C14H18N2OS/c1-10-4-5-13(17-3)12(8-10)11(2)16-9-14-15-6-7-18-14/h4-8,11,16H,9H2,1-3H3. The minimum atomic E-state index is 0.240. The Kier molecular flexibility index (Phi) is 4.33. The molecule has 1 aromatic carbocycles. The number of hydrogen-bond donors (Lipinski definition) is 1. The van der Waals surface area contributed by atoms with E-state index in [1.807, 2.05) is 17.6 Å².